The van der Waals surface area contributed by atoms with Crippen molar-refractivity contribution in [2.24, 2.45) is 5.10 Å². The van der Waals surface area contributed by atoms with Gasteiger partial charge in [-0.05, 0) is 31.9 Å². The first-order valence-corrected chi connectivity index (χ1v) is 7.59. The minimum atomic E-state index is -0.512. The van der Waals surface area contributed by atoms with E-state index in [1.165, 1.54) is 7.11 Å². The molecule has 7 nitrogen and oxygen atoms in total. The number of ether oxygens (including phenoxy) is 1. The second kappa shape index (κ2) is 6.66. The molecule has 0 unspecified atom stereocenters. The first-order valence-electron chi connectivity index (χ1n) is 7.59. The summed E-state index contributed by atoms with van der Waals surface area (Å²) in [5, 5.41) is 4.24. The molecule has 0 radical (unpaired) electrons. The zero-order chi connectivity index (χ0) is 17.1. The Morgan fingerprint density at radius 3 is 2.75 bits per heavy atom. The van der Waals surface area contributed by atoms with E-state index in [0.717, 1.165) is 18.4 Å². The number of carbonyl (C=O) groups is 2. The van der Waals surface area contributed by atoms with E-state index in [2.05, 4.69) is 15.5 Å². The third-order valence-corrected chi connectivity index (χ3v) is 3.93. The van der Waals surface area contributed by atoms with Gasteiger partial charge in [0.25, 0.3) is 5.91 Å². The zero-order valence-electron chi connectivity index (χ0n) is 13.5. The fourth-order valence-electron chi connectivity index (χ4n) is 2.75. The van der Waals surface area contributed by atoms with Crippen LogP contribution in [-0.2, 0) is 11.2 Å². The molecule has 0 aliphatic heterocycles. The average molecular weight is 327 g/mol. The Morgan fingerprint density at radius 1 is 1.29 bits per heavy atom. The highest BCUT2D eigenvalue weighted by Crippen LogP contribution is 2.30. The molecule has 0 atom stereocenters. The van der Waals surface area contributed by atoms with Crippen molar-refractivity contribution in [3.63, 3.8) is 0 Å². The zero-order valence-corrected chi connectivity index (χ0v) is 13.5. The predicted molar refractivity (Wildman–Crippen MR) is 86.0 cm³/mol. The molecule has 24 heavy (non-hydrogen) atoms. The van der Waals surface area contributed by atoms with Crippen LogP contribution in [0, 0.1) is 6.92 Å². The van der Waals surface area contributed by atoms with Gasteiger partial charge in [-0.25, -0.2) is 10.2 Å². The molecular weight excluding hydrogens is 310 g/mol. The molecule has 1 aliphatic rings. The summed E-state index contributed by atoms with van der Waals surface area (Å²) in [5.41, 5.74) is 5.21. The summed E-state index contributed by atoms with van der Waals surface area (Å²) in [6, 6.07) is 3.22. The van der Waals surface area contributed by atoms with Crippen molar-refractivity contribution in [2.75, 3.05) is 7.11 Å². The van der Waals surface area contributed by atoms with Crippen molar-refractivity contribution in [1.82, 2.24) is 10.4 Å². The Hall–Kier alpha value is -2.96. The highest BCUT2D eigenvalue weighted by Gasteiger charge is 2.28. The third-order valence-electron chi connectivity index (χ3n) is 3.93. The maximum absolute atomic E-state index is 12.1. The van der Waals surface area contributed by atoms with Gasteiger partial charge < -0.3 is 9.15 Å². The van der Waals surface area contributed by atoms with Gasteiger partial charge >= 0.3 is 5.97 Å². The molecule has 0 saturated heterocycles. The number of hydrogen-bond donors (Lipinski definition) is 1. The molecule has 2 aromatic heterocycles. The average Bonchev–Trinajstić information content (AvgIpc) is 2.97. The van der Waals surface area contributed by atoms with Crippen LogP contribution in [-0.4, -0.2) is 29.7 Å². The number of furan rings is 1. The van der Waals surface area contributed by atoms with Gasteiger partial charge in [-0.15, -0.1) is 0 Å². The van der Waals surface area contributed by atoms with E-state index in [-0.39, 0.29) is 11.7 Å². The fourth-order valence-corrected chi connectivity index (χ4v) is 2.75. The van der Waals surface area contributed by atoms with E-state index in [4.69, 9.17) is 9.15 Å². The Balaban J connectivity index is 1.88. The maximum atomic E-state index is 12.1. The van der Waals surface area contributed by atoms with Gasteiger partial charge in [0.05, 0.1) is 12.8 Å². The van der Waals surface area contributed by atoms with Crippen molar-refractivity contribution in [2.45, 2.75) is 26.2 Å². The van der Waals surface area contributed by atoms with E-state index >= 15 is 0 Å². The Kier molecular flexibility index (Phi) is 4.41. The molecule has 1 amide bonds. The number of nitrogens with zero attached hydrogens (tertiary/aromatic N) is 2. The minimum Gasteiger partial charge on any atom is -0.463 e. The molecule has 124 valence electrons. The van der Waals surface area contributed by atoms with Crippen molar-refractivity contribution < 1.29 is 18.7 Å². The fraction of sp³-hybridized carbons (Fsp3) is 0.294. The number of methoxy groups -OCH3 is 1. The van der Waals surface area contributed by atoms with E-state index in [0.29, 0.717) is 29.0 Å². The second-order valence-electron chi connectivity index (χ2n) is 5.43. The molecule has 7 heteroatoms. The smallest absolute Gasteiger partial charge is 0.374 e. The number of aromatic nitrogens is 1. The van der Waals surface area contributed by atoms with Crippen LogP contribution in [0.1, 0.15) is 50.6 Å². The van der Waals surface area contributed by atoms with Crippen molar-refractivity contribution in [3.05, 3.63) is 52.7 Å². The van der Waals surface area contributed by atoms with Gasteiger partial charge in [-0.2, -0.15) is 5.10 Å². The van der Waals surface area contributed by atoms with Gasteiger partial charge in [-0.1, -0.05) is 0 Å². The SMILES string of the molecule is COC(=O)c1oc2c(c1C)/C(=N/NC(=O)c1ccncc1)CCC2. The predicted octanol–water partition coefficient (Wildman–Crippen LogP) is 2.24. The molecule has 2 heterocycles. The number of carbonyl (C=O) groups excluding carboxylic acids is 2. The summed E-state index contributed by atoms with van der Waals surface area (Å²) in [7, 11) is 1.31. The Morgan fingerprint density at radius 2 is 2.04 bits per heavy atom. The van der Waals surface area contributed by atoms with Gasteiger partial charge in [0.1, 0.15) is 5.76 Å². The van der Waals surface area contributed by atoms with Crippen LogP contribution in [0.3, 0.4) is 0 Å². The Labute approximate surface area is 138 Å². The van der Waals surface area contributed by atoms with Crippen LogP contribution in [0.15, 0.2) is 34.0 Å². The lowest BCUT2D eigenvalue weighted by Gasteiger charge is -2.13. The molecule has 1 aliphatic carbocycles. The number of fused-ring (bicyclic) bond motifs is 1. The molecule has 2 aromatic rings. The highest BCUT2D eigenvalue weighted by atomic mass is 16.5. The first-order chi connectivity index (χ1) is 11.6. The molecule has 0 spiro atoms. The topological polar surface area (TPSA) is 93.8 Å². The molecule has 0 fully saturated rings. The normalized spacial score (nSPS) is 15.0. The number of aryl methyl sites for hydroxylation is 1. The van der Waals surface area contributed by atoms with Crippen LogP contribution < -0.4 is 5.43 Å². The molecule has 1 N–H and O–H groups in total. The second-order valence-corrected chi connectivity index (χ2v) is 5.43. The monoisotopic (exact) mass is 327 g/mol. The molecule has 0 saturated carbocycles. The number of hydrogen-bond acceptors (Lipinski definition) is 6. The summed E-state index contributed by atoms with van der Waals surface area (Å²) in [5.74, 6) is 0.0713. The summed E-state index contributed by atoms with van der Waals surface area (Å²) >= 11 is 0. The van der Waals surface area contributed by atoms with Crippen molar-refractivity contribution >= 4 is 17.6 Å². The van der Waals surface area contributed by atoms with Crippen LogP contribution in [0.5, 0.6) is 0 Å². The van der Waals surface area contributed by atoms with Gasteiger partial charge in [-0.3, -0.25) is 9.78 Å². The van der Waals surface area contributed by atoms with Gasteiger partial charge in [0.2, 0.25) is 5.76 Å². The molecule has 3 rings (SSSR count). The van der Waals surface area contributed by atoms with E-state index in [1.54, 1.807) is 31.5 Å². The van der Waals surface area contributed by atoms with Gasteiger partial charge in [0, 0.05) is 35.5 Å². The summed E-state index contributed by atoms with van der Waals surface area (Å²) < 4.78 is 10.4. The largest absolute Gasteiger partial charge is 0.463 e. The lowest BCUT2D eigenvalue weighted by molar-refractivity contribution is 0.0561. The maximum Gasteiger partial charge on any atom is 0.374 e. The first kappa shape index (κ1) is 15.9. The Bertz CT molecular complexity index is 809. The summed E-state index contributed by atoms with van der Waals surface area (Å²) in [6.07, 6.45) is 5.35. The number of amides is 1. The lowest BCUT2D eigenvalue weighted by atomic mass is 9.93. The standard InChI is InChI=1S/C17H17N3O4/c1-10-14-12(19-20-16(21)11-6-8-18-9-7-11)4-3-5-13(14)24-15(10)17(22)23-2/h6-9H,3-5H2,1-2H3,(H,20,21)/b19-12+. The van der Waals surface area contributed by atoms with Gasteiger partial charge in [0.15, 0.2) is 0 Å². The number of esters is 1. The quantitative estimate of drug-likeness (QED) is 0.689. The third kappa shape index (κ3) is 2.92. The lowest BCUT2D eigenvalue weighted by Crippen LogP contribution is -2.22. The minimum absolute atomic E-state index is 0.192. The number of pyridine rings is 1. The van der Waals surface area contributed by atoms with E-state index in [9.17, 15) is 9.59 Å². The molecule has 0 bridgehead atoms. The van der Waals surface area contributed by atoms with Crippen LogP contribution in [0.4, 0.5) is 0 Å². The number of nitrogens with one attached hydrogen (secondary N) is 1. The van der Waals surface area contributed by atoms with Crippen LogP contribution in [0.25, 0.3) is 0 Å². The van der Waals surface area contributed by atoms with Crippen LogP contribution >= 0.6 is 0 Å². The molecular formula is C17H17N3O4. The summed E-state index contributed by atoms with van der Waals surface area (Å²) in [6.45, 7) is 1.79. The molecule has 0 aromatic carbocycles. The highest BCUT2D eigenvalue weighted by molar-refractivity contribution is 6.06. The van der Waals surface area contributed by atoms with E-state index in [1.807, 2.05) is 0 Å². The number of rotatable bonds is 3. The van der Waals surface area contributed by atoms with E-state index < -0.39 is 5.97 Å². The van der Waals surface area contributed by atoms with Crippen LogP contribution in [0.2, 0.25) is 0 Å². The summed E-state index contributed by atoms with van der Waals surface area (Å²) in [4.78, 5) is 27.8. The van der Waals surface area contributed by atoms with Crippen molar-refractivity contribution in [1.29, 1.82) is 0 Å². The van der Waals surface area contributed by atoms with Crippen molar-refractivity contribution in [3.8, 4) is 0 Å². The number of hydrazone groups is 1.